The summed E-state index contributed by atoms with van der Waals surface area (Å²) >= 11 is 0. The van der Waals surface area contributed by atoms with Crippen LogP contribution in [-0.2, 0) is 4.74 Å². The van der Waals surface area contributed by atoms with Gasteiger partial charge in [-0.15, -0.1) is 0 Å². The highest BCUT2D eigenvalue weighted by Gasteiger charge is 2.16. The lowest BCUT2D eigenvalue weighted by Gasteiger charge is -2.24. The number of nitrogens with zero attached hydrogens (tertiary/aromatic N) is 1. The number of nitrogens with one attached hydrogen (secondary N) is 2. The Bertz CT molecular complexity index is 728. The average Bonchev–Trinajstić information content (AvgIpc) is 2.86. The molecule has 96 valence electrons. The highest BCUT2D eigenvalue weighted by Crippen LogP contribution is 2.27. The Hall–Kier alpha value is -1.91. The molecule has 0 radical (unpaired) electrons. The fourth-order valence-electron chi connectivity index (χ4n) is 2.75. The number of H-pyrrole nitrogens is 1. The Labute approximate surface area is 110 Å². The molecule has 0 saturated carbocycles. The first-order chi connectivity index (χ1) is 9.42. The second kappa shape index (κ2) is 4.33. The van der Waals surface area contributed by atoms with E-state index in [0.717, 1.165) is 30.8 Å². The van der Waals surface area contributed by atoms with Crippen LogP contribution in [0.15, 0.2) is 36.7 Å². The zero-order chi connectivity index (χ0) is 12.7. The van der Waals surface area contributed by atoms with Gasteiger partial charge < -0.3 is 15.0 Å². The van der Waals surface area contributed by atoms with Gasteiger partial charge in [0.1, 0.15) is 0 Å². The highest BCUT2D eigenvalue weighted by atomic mass is 16.5. The van der Waals surface area contributed by atoms with E-state index in [1.807, 2.05) is 18.5 Å². The number of pyridine rings is 1. The Morgan fingerprint density at radius 1 is 1.16 bits per heavy atom. The number of aromatic nitrogens is 2. The molecule has 4 nitrogen and oxygen atoms in total. The number of aromatic amines is 1. The minimum absolute atomic E-state index is 0.291. The molecular weight excluding hydrogens is 238 g/mol. The number of benzene rings is 1. The fourth-order valence-corrected chi connectivity index (χ4v) is 2.75. The van der Waals surface area contributed by atoms with E-state index < -0.39 is 0 Å². The predicted octanol–water partition coefficient (Wildman–Crippen LogP) is 2.38. The second-order valence-corrected chi connectivity index (χ2v) is 4.93. The van der Waals surface area contributed by atoms with Gasteiger partial charge in [-0.1, -0.05) is 6.07 Å². The SMILES string of the molecule is c1cc2[nH]c3ccc(C4COCCN4)cc3c2cn1. The summed E-state index contributed by atoms with van der Waals surface area (Å²) in [4.78, 5) is 7.63. The van der Waals surface area contributed by atoms with Crippen LogP contribution >= 0.6 is 0 Å². The predicted molar refractivity (Wildman–Crippen MR) is 75.2 cm³/mol. The number of hydrogen-bond donors (Lipinski definition) is 2. The Balaban J connectivity index is 1.87. The van der Waals surface area contributed by atoms with Crippen molar-refractivity contribution in [3.63, 3.8) is 0 Å². The summed E-state index contributed by atoms with van der Waals surface area (Å²) in [6.07, 6.45) is 3.73. The number of rotatable bonds is 1. The van der Waals surface area contributed by atoms with Crippen molar-refractivity contribution in [1.82, 2.24) is 15.3 Å². The van der Waals surface area contributed by atoms with Gasteiger partial charge in [0.05, 0.1) is 19.3 Å². The molecule has 1 saturated heterocycles. The topological polar surface area (TPSA) is 49.9 Å². The van der Waals surface area contributed by atoms with Crippen LogP contribution in [0.25, 0.3) is 21.8 Å². The summed E-state index contributed by atoms with van der Waals surface area (Å²) in [5.74, 6) is 0. The van der Waals surface area contributed by atoms with Crippen molar-refractivity contribution >= 4 is 21.8 Å². The van der Waals surface area contributed by atoms with E-state index in [2.05, 4.69) is 33.5 Å². The fraction of sp³-hybridized carbons (Fsp3) is 0.267. The average molecular weight is 253 g/mol. The molecule has 0 bridgehead atoms. The van der Waals surface area contributed by atoms with Gasteiger partial charge in [0.15, 0.2) is 0 Å². The van der Waals surface area contributed by atoms with Crippen LogP contribution in [0.4, 0.5) is 0 Å². The maximum absolute atomic E-state index is 5.53. The normalized spacial score (nSPS) is 20.1. The van der Waals surface area contributed by atoms with Crippen LogP contribution in [0, 0.1) is 0 Å². The third-order valence-electron chi connectivity index (χ3n) is 3.75. The van der Waals surface area contributed by atoms with Crippen molar-refractivity contribution in [3.8, 4) is 0 Å². The lowest BCUT2D eigenvalue weighted by Crippen LogP contribution is -2.34. The first kappa shape index (κ1) is 11.0. The van der Waals surface area contributed by atoms with Crippen LogP contribution in [0.5, 0.6) is 0 Å². The maximum atomic E-state index is 5.53. The summed E-state index contributed by atoms with van der Waals surface area (Å²) in [7, 11) is 0. The molecule has 1 fully saturated rings. The Morgan fingerprint density at radius 3 is 3.00 bits per heavy atom. The first-order valence-electron chi connectivity index (χ1n) is 6.58. The molecule has 0 aliphatic carbocycles. The summed E-state index contributed by atoms with van der Waals surface area (Å²) < 4.78 is 5.53. The standard InChI is InChI=1S/C15H15N3O/c1-2-13-11(12-8-16-4-3-14(12)18-13)7-10(1)15-9-19-6-5-17-15/h1-4,7-8,15,17-18H,5-6,9H2. The van der Waals surface area contributed by atoms with Crippen molar-refractivity contribution in [1.29, 1.82) is 0 Å². The number of ether oxygens (including phenoxy) is 1. The first-order valence-corrected chi connectivity index (χ1v) is 6.58. The van der Waals surface area contributed by atoms with Crippen molar-refractivity contribution in [2.45, 2.75) is 6.04 Å². The molecule has 1 aliphatic rings. The van der Waals surface area contributed by atoms with Crippen LogP contribution < -0.4 is 5.32 Å². The molecule has 4 heteroatoms. The summed E-state index contributed by atoms with van der Waals surface area (Å²) in [5.41, 5.74) is 3.57. The summed E-state index contributed by atoms with van der Waals surface area (Å²) in [6.45, 7) is 2.46. The van der Waals surface area contributed by atoms with Gasteiger partial charge in [-0.25, -0.2) is 0 Å². The Morgan fingerprint density at radius 2 is 2.11 bits per heavy atom. The zero-order valence-electron chi connectivity index (χ0n) is 10.5. The molecule has 0 spiro atoms. The molecule has 2 aromatic heterocycles. The van der Waals surface area contributed by atoms with Crippen LogP contribution in [-0.4, -0.2) is 29.7 Å². The van der Waals surface area contributed by atoms with E-state index in [4.69, 9.17) is 4.74 Å². The van der Waals surface area contributed by atoms with Gasteiger partial charge >= 0.3 is 0 Å². The number of fused-ring (bicyclic) bond motifs is 3. The van der Waals surface area contributed by atoms with Crippen LogP contribution in [0.1, 0.15) is 11.6 Å². The van der Waals surface area contributed by atoms with Crippen molar-refractivity contribution in [3.05, 3.63) is 42.2 Å². The summed E-state index contributed by atoms with van der Waals surface area (Å²) in [5, 5.41) is 5.90. The molecule has 1 aromatic carbocycles. The van der Waals surface area contributed by atoms with Gasteiger partial charge in [0.2, 0.25) is 0 Å². The molecule has 19 heavy (non-hydrogen) atoms. The van der Waals surface area contributed by atoms with E-state index in [1.54, 1.807) is 0 Å². The van der Waals surface area contributed by atoms with Gasteiger partial charge in [-0.3, -0.25) is 4.98 Å². The molecular formula is C15H15N3O. The number of morpholine rings is 1. The summed E-state index contributed by atoms with van der Waals surface area (Å²) in [6, 6.07) is 8.84. The van der Waals surface area contributed by atoms with Crippen molar-refractivity contribution in [2.24, 2.45) is 0 Å². The maximum Gasteiger partial charge on any atom is 0.0662 e. The molecule has 3 heterocycles. The van der Waals surface area contributed by atoms with Crippen LogP contribution in [0.3, 0.4) is 0 Å². The minimum atomic E-state index is 0.291. The monoisotopic (exact) mass is 253 g/mol. The number of hydrogen-bond acceptors (Lipinski definition) is 3. The van der Waals surface area contributed by atoms with Crippen molar-refractivity contribution in [2.75, 3.05) is 19.8 Å². The van der Waals surface area contributed by atoms with Crippen molar-refractivity contribution < 1.29 is 4.74 Å². The quantitative estimate of drug-likeness (QED) is 0.700. The lowest BCUT2D eigenvalue weighted by molar-refractivity contribution is 0.0769. The molecule has 3 aromatic rings. The minimum Gasteiger partial charge on any atom is -0.378 e. The van der Waals surface area contributed by atoms with Gasteiger partial charge in [-0.05, 0) is 23.8 Å². The van der Waals surface area contributed by atoms with Gasteiger partial charge in [-0.2, -0.15) is 0 Å². The third kappa shape index (κ3) is 1.80. The molecule has 1 atom stereocenters. The van der Waals surface area contributed by atoms with E-state index in [0.29, 0.717) is 6.04 Å². The van der Waals surface area contributed by atoms with E-state index in [1.165, 1.54) is 16.3 Å². The van der Waals surface area contributed by atoms with E-state index in [-0.39, 0.29) is 0 Å². The lowest BCUT2D eigenvalue weighted by atomic mass is 10.0. The molecule has 1 aliphatic heterocycles. The largest absolute Gasteiger partial charge is 0.378 e. The molecule has 2 N–H and O–H groups in total. The van der Waals surface area contributed by atoms with Crippen LogP contribution in [0.2, 0.25) is 0 Å². The zero-order valence-corrected chi connectivity index (χ0v) is 10.5. The second-order valence-electron chi connectivity index (χ2n) is 4.93. The third-order valence-corrected chi connectivity index (χ3v) is 3.75. The van der Waals surface area contributed by atoms with E-state index >= 15 is 0 Å². The Kier molecular flexibility index (Phi) is 2.50. The van der Waals surface area contributed by atoms with E-state index in [9.17, 15) is 0 Å². The highest BCUT2D eigenvalue weighted by molar-refractivity contribution is 6.06. The molecule has 4 rings (SSSR count). The molecule has 0 amide bonds. The van der Waals surface area contributed by atoms with Gasteiger partial charge in [0.25, 0.3) is 0 Å². The molecule has 1 unspecified atom stereocenters. The van der Waals surface area contributed by atoms with Gasteiger partial charge in [0, 0.05) is 40.7 Å². The smallest absolute Gasteiger partial charge is 0.0662 e.